The van der Waals surface area contributed by atoms with E-state index in [-0.39, 0.29) is 12.1 Å². The summed E-state index contributed by atoms with van der Waals surface area (Å²) in [4.78, 5) is 20.0. The molecule has 0 spiro atoms. The summed E-state index contributed by atoms with van der Waals surface area (Å²) in [6, 6.07) is 2.21. The molecule has 1 atom stereocenters. The van der Waals surface area contributed by atoms with Gasteiger partial charge in [-0.3, -0.25) is 0 Å². The SMILES string of the molecule is Cc1cnc(N2CCN3C(=O)NCC3C2)cc1N. The van der Waals surface area contributed by atoms with Crippen molar-refractivity contribution in [2.24, 2.45) is 0 Å². The molecule has 0 aromatic carbocycles. The first-order chi connectivity index (χ1) is 8.65. The summed E-state index contributed by atoms with van der Waals surface area (Å²) in [5, 5.41) is 2.87. The number of rotatable bonds is 1. The molecule has 1 aromatic heterocycles. The van der Waals surface area contributed by atoms with E-state index in [0.29, 0.717) is 0 Å². The number of amides is 2. The van der Waals surface area contributed by atoms with Crippen molar-refractivity contribution >= 4 is 17.5 Å². The molecular formula is C12H17N5O. The van der Waals surface area contributed by atoms with Crippen LogP contribution in [-0.2, 0) is 0 Å². The number of nitrogens with two attached hydrogens (primary N) is 1. The van der Waals surface area contributed by atoms with Crippen LogP contribution in [0.4, 0.5) is 16.3 Å². The fraction of sp³-hybridized carbons (Fsp3) is 0.500. The number of hydrogen-bond acceptors (Lipinski definition) is 4. The molecule has 0 saturated carbocycles. The Morgan fingerprint density at radius 1 is 1.50 bits per heavy atom. The van der Waals surface area contributed by atoms with Crippen LogP contribution in [0.5, 0.6) is 0 Å². The Balaban J connectivity index is 1.78. The van der Waals surface area contributed by atoms with E-state index in [1.807, 2.05) is 17.9 Å². The molecule has 96 valence electrons. The Morgan fingerprint density at radius 2 is 2.33 bits per heavy atom. The van der Waals surface area contributed by atoms with Gasteiger partial charge in [-0.25, -0.2) is 9.78 Å². The van der Waals surface area contributed by atoms with Crippen molar-refractivity contribution in [3.05, 3.63) is 17.8 Å². The number of aromatic nitrogens is 1. The molecule has 2 aliphatic heterocycles. The van der Waals surface area contributed by atoms with Gasteiger partial charge in [0.05, 0.1) is 6.04 Å². The zero-order valence-corrected chi connectivity index (χ0v) is 10.4. The fourth-order valence-electron chi connectivity index (χ4n) is 2.51. The number of nitrogens with one attached hydrogen (secondary N) is 1. The lowest BCUT2D eigenvalue weighted by Crippen LogP contribution is -2.52. The summed E-state index contributed by atoms with van der Waals surface area (Å²) < 4.78 is 0. The van der Waals surface area contributed by atoms with E-state index in [1.54, 1.807) is 6.20 Å². The molecule has 0 bridgehead atoms. The van der Waals surface area contributed by atoms with E-state index in [9.17, 15) is 4.79 Å². The third kappa shape index (κ3) is 1.73. The van der Waals surface area contributed by atoms with Crippen LogP contribution in [0.1, 0.15) is 5.56 Å². The van der Waals surface area contributed by atoms with Gasteiger partial charge in [-0.2, -0.15) is 0 Å². The second-order valence-electron chi connectivity index (χ2n) is 4.88. The first-order valence-electron chi connectivity index (χ1n) is 6.16. The van der Waals surface area contributed by atoms with Crippen molar-refractivity contribution in [3.8, 4) is 0 Å². The quantitative estimate of drug-likeness (QED) is 0.742. The normalized spacial score (nSPS) is 22.9. The number of pyridine rings is 1. The molecule has 2 fully saturated rings. The lowest BCUT2D eigenvalue weighted by molar-refractivity contribution is 0.197. The van der Waals surface area contributed by atoms with E-state index < -0.39 is 0 Å². The Kier molecular flexibility index (Phi) is 2.50. The topological polar surface area (TPSA) is 74.5 Å². The predicted octanol–water partition coefficient (Wildman–Crippen LogP) is 0.186. The average molecular weight is 247 g/mol. The summed E-state index contributed by atoms with van der Waals surface area (Å²) in [6.07, 6.45) is 1.80. The third-order valence-electron chi connectivity index (χ3n) is 3.69. The molecule has 3 heterocycles. The summed E-state index contributed by atoms with van der Waals surface area (Å²) in [7, 11) is 0. The maximum Gasteiger partial charge on any atom is 0.317 e. The van der Waals surface area contributed by atoms with Gasteiger partial charge < -0.3 is 20.9 Å². The van der Waals surface area contributed by atoms with Crippen molar-refractivity contribution in [2.75, 3.05) is 36.8 Å². The molecule has 2 aliphatic rings. The third-order valence-corrected chi connectivity index (χ3v) is 3.69. The van der Waals surface area contributed by atoms with Crippen molar-refractivity contribution < 1.29 is 4.79 Å². The van der Waals surface area contributed by atoms with E-state index in [0.717, 1.165) is 43.2 Å². The molecule has 3 rings (SSSR count). The van der Waals surface area contributed by atoms with Gasteiger partial charge in [0.15, 0.2) is 0 Å². The van der Waals surface area contributed by atoms with Gasteiger partial charge in [0.2, 0.25) is 0 Å². The summed E-state index contributed by atoms with van der Waals surface area (Å²) in [5.41, 5.74) is 7.67. The molecular weight excluding hydrogens is 230 g/mol. The summed E-state index contributed by atoms with van der Waals surface area (Å²) in [6.45, 7) is 5.03. The standard InChI is InChI=1S/C12H17N5O/c1-8-5-14-11(4-10(8)13)16-2-3-17-9(7-16)6-15-12(17)18/h4-5,9H,2-3,6-7H2,1H3,(H2,13,14)(H,15,18). The summed E-state index contributed by atoms with van der Waals surface area (Å²) >= 11 is 0. The van der Waals surface area contributed by atoms with Crippen molar-refractivity contribution in [3.63, 3.8) is 0 Å². The Labute approximate surface area is 106 Å². The maximum absolute atomic E-state index is 11.5. The van der Waals surface area contributed by atoms with Gasteiger partial charge in [-0.1, -0.05) is 0 Å². The predicted molar refractivity (Wildman–Crippen MR) is 69.5 cm³/mol. The number of hydrogen-bond donors (Lipinski definition) is 2. The van der Waals surface area contributed by atoms with E-state index in [1.165, 1.54) is 0 Å². The Morgan fingerprint density at radius 3 is 3.11 bits per heavy atom. The highest BCUT2D eigenvalue weighted by atomic mass is 16.2. The van der Waals surface area contributed by atoms with Crippen LogP contribution in [-0.4, -0.2) is 48.1 Å². The van der Waals surface area contributed by atoms with Crippen molar-refractivity contribution in [1.29, 1.82) is 0 Å². The van der Waals surface area contributed by atoms with Gasteiger partial charge in [-0.15, -0.1) is 0 Å². The molecule has 2 saturated heterocycles. The number of aryl methyl sites for hydroxylation is 1. The van der Waals surface area contributed by atoms with E-state index in [2.05, 4.69) is 15.2 Å². The second-order valence-corrected chi connectivity index (χ2v) is 4.88. The van der Waals surface area contributed by atoms with Crippen molar-refractivity contribution in [2.45, 2.75) is 13.0 Å². The number of fused-ring (bicyclic) bond motifs is 1. The zero-order chi connectivity index (χ0) is 12.7. The smallest absolute Gasteiger partial charge is 0.317 e. The van der Waals surface area contributed by atoms with Gasteiger partial charge in [0.1, 0.15) is 5.82 Å². The van der Waals surface area contributed by atoms with Crippen LogP contribution in [0.2, 0.25) is 0 Å². The van der Waals surface area contributed by atoms with E-state index >= 15 is 0 Å². The van der Waals surface area contributed by atoms with Crippen LogP contribution in [0.15, 0.2) is 12.3 Å². The number of carbonyl (C=O) groups is 1. The first-order valence-corrected chi connectivity index (χ1v) is 6.16. The molecule has 18 heavy (non-hydrogen) atoms. The lowest BCUT2D eigenvalue weighted by Gasteiger charge is -2.37. The Bertz CT molecular complexity index is 489. The van der Waals surface area contributed by atoms with Gasteiger partial charge in [0.25, 0.3) is 0 Å². The molecule has 0 aliphatic carbocycles. The fourth-order valence-corrected chi connectivity index (χ4v) is 2.51. The van der Waals surface area contributed by atoms with Crippen LogP contribution in [0.25, 0.3) is 0 Å². The highest BCUT2D eigenvalue weighted by Crippen LogP contribution is 2.22. The van der Waals surface area contributed by atoms with Crippen LogP contribution in [0, 0.1) is 6.92 Å². The number of nitrogens with zero attached hydrogens (tertiary/aromatic N) is 3. The zero-order valence-electron chi connectivity index (χ0n) is 10.4. The number of piperazine rings is 1. The highest BCUT2D eigenvalue weighted by Gasteiger charge is 2.35. The van der Waals surface area contributed by atoms with Crippen LogP contribution in [0.3, 0.4) is 0 Å². The molecule has 1 unspecified atom stereocenters. The first kappa shape index (κ1) is 11.1. The summed E-state index contributed by atoms with van der Waals surface area (Å²) in [5.74, 6) is 0.900. The minimum absolute atomic E-state index is 0.0519. The molecule has 6 nitrogen and oxygen atoms in total. The molecule has 3 N–H and O–H groups in total. The van der Waals surface area contributed by atoms with E-state index in [4.69, 9.17) is 5.73 Å². The van der Waals surface area contributed by atoms with Crippen molar-refractivity contribution in [1.82, 2.24) is 15.2 Å². The minimum Gasteiger partial charge on any atom is -0.398 e. The van der Waals surface area contributed by atoms with Gasteiger partial charge >= 0.3 is 6.03 Å². The molecule has 0 radical (unpaired) electrons. The minimum atomic E-state index is 0.0519. The highest BCUT2D eigenvalue weighted by molar-refractivity contribution is 5.77. The average Bonchev–Trinajstić information content (AvgIpc) is 2.74. The number of urea groups is 1. The largest absolute Gasteiger partial charge is 0.398 e. The number of nitrogen functional groups attached to an aromatic ring is 1. The molecule has 6 heteroatoms. The molecule has 2 amide bonds. The van der Waals surface area contributed by atoms with Crippen LogP contribution < -0.4 is 16.0 Å². The molecule has 1 aromatic rings. The van der Waals surface area contributed by atoms with Gasteiger partial charge in [0, 0.05) is 44.1 Å². The number of anilines is 2. The van der Waals surface area contributed by atoms with Gasteiger partial charge in [-0.05, 0) is 12.5 Å². The van der Waals surface area contributed by atoms with Crippen LogP contribution >= 0.6 is 0 Å². The number of carbonyl (C=O) groups excluding carboxylic acids is 1. The Hall–Kier alpha value is -1.98. The maximum atomic E-state index is 11.5. The second kappa shape index (κ2) is 4.04. The monoisotopic (exact) mass is 247 g/mol. The lowest BCUT2D eigenvalue weighted by atomic mass is 10.2.